The van der Waals surface area contributed by atoms with Crippen molar-refractivity contribution in [2.45, 2.75) is 60.1 Å². The highest BCUT2D eigenvalue weighted by molar-refractivity contribution is 6.12. The molecule has 0 saturated carbocycles. The van der Waals surface area contributed by atoms with Crippen LogP contribution in [0.3, 0.4) is 0 Å². The van der Waals surface area contributed by atoms with Gasteiger partial charge in [0.05, 0.1) is 0 Å². The summed E-state index contributed by atoms with van der Waals surface area (Å²) in [5.74, 6) is 1.93. The van der Waals surface area contributed by atoms with Gasteiger partial charge in [-0.15, -0.1) is 0 Å². The second-order valence-electron chi connectivity index (χ2n) is 9.15. The lowest BCUT2D eigenvalue weighted by Gasteiger charge is -2.43. The van der Waals surface area contributed by atoms with E-state index in [9.17, 15) is 9.18 Å². The summed E-state index contributed by atoms with van der Waals surface area (Å²) in [5, 5.41) is 0. The lowest BCUT2D eigenvalue weighted by atomic mass is 9.92. The molecule has 0 aliphatic carbocycles. The first-order valence-corrected chi connectivity index (χ1v) is 11.3. The molecule has 1 heterocycles. The minimum Gasteiger partial charge on any atom is -0.465 e. The topological polar surface area (TPSA) is 45.1 Å². The van der Waals surface area contributed by atoms with E-state index in [4.69, 9.17) is 4.74 Å². The molecule has 1 aliphatic rings. The van der Waals surface area contributed by atoms with Gasteiger partial charge >= 0.3 is 0 Å². The van der Waals surface area contributed by atoms with Gasteiger partial charge in [0.15, 0.2) is 5.94 Å². The average molecular weight is 454 g/mol. The van der Waals surface area contributed by atoms with Crippen molar-refractivity contribution in [2.75, 3.05) is 19.6 Å². The molecule has 5 nitrogen and oxygen atoms in total. The first kappa shape index (κ1) is 26.1. The highest BCUT2D eigenvalue weighted by Crippen LogP contribution is 2.31. The summed E-state index contributed by atoms with van der Waals surface area (Å²) in [7, 11) is 0. The lowest BCUT2D eigenvalue weighted by Crippen LogP contribution is -2.51. The Morgan fingerprint density at radius 1 is 1.27 bits per heavy atom. The number of hydrogen-bond donors (Lipinski definition) is 0. The van der Waals surface area contributed by atoms with Gasteiger partial charge in [0.1, 0.15) is 11.4 Å². The average Bonchev–Trinajstić information content (AvgIpc) is 2.75. The molecule has 0 amide bonds. The van der Waals surface area contributed by atoms with Crippen molar-refractivity contribution in [3.8, 4) is 0 Å². The van der Waals surface area contributed by atoms with Crippen molar-refractivity contribution in [2.24, 2.45) is 4.99 Å². The minimum atomic E-state index is -0.481. The van der Waals surface area contributed by atoms with Crippen LogP contribution in [-0.2, 0) is 9.53 Å². The van der Waals surface area contributed by atoms with Crippen LogP contribution in [0.5, 0.6) is 0 Å². The quantitative estimate of drug-likeness (QED) is 0.233. The monoisotopic (exact) mass is 453 g/mol. The minimum absolute atomic E-state index is 0.0212. The molecular weight excluding hydrogens is 417 g/mol. The summed E-state index contributed by atoms with van der Waals surface area (Å²) in [4.78, 5) is 20.2. The Balaban J connectivity index is 2.45. The van der Waals surface area contributed by atoms with E-state index >= 15 is 0 Å². The second-order valence-corrected chi connectivity index (χ2v) is 9.15. The van der Waals surface area contributed by atoms with Crippen molar-refractivity contribution in [1.82, 2.24) is 9.80 Å². The van der Waals surface area contributed by atoms with Gasteiger partial charge in [0.25, 0.3) is 5.88 Å². The highest BCUT2D eigenvalue weighted by atomic mass is 19.1. The van der Waals surface area contributed by atoms with Gasteiger partial charge in [-0.25, -0.2) is 9.18 Å². The fraction of sp³-hybridized carbons (Fsp3) is 0.444. The number of benzene rings is 1. The number of halogens is 1. The molecule has 1 unspecified atom stereocenters. The zero-order valence-electron chi connectivity index (χ0n) is 20.9. The molecule has 6 heteroatoms. The smallest absolute Gasteiger partial charge is 0.278 e. The maximum absolute atomic E-state index is 14.7. The van der Waals surface area contributed by atoms with Crippen LogP contribution in [0.1, 0.15) is 54.0 Å². The summed E-state index contributed by atoms with van der Waals surface area (Å²) in [5.41, 5.74) is 3.47. The zero-order chi connectivity index (χ0) is 24.8. The van der Waals surface area contributed by atoms with E-state index in [0.717, 1.165) is 22.6 Å². The van der Waals surface area contributed by atoms with Gasteiger partial charge in [-0.1, -0.05) is 30.9 Å². The van der Waals surface area contributed by atoms with Crippen molar-refractivity contribution in [3.05, 3.63) is 71.7 Å². The molecule has 0 bridgehead atoms. The molecule has 0 spiro atoms. The Bertz CT molecular complexity index is 1010. The van der Waals surface area contributed by atoms with E-state index in [1.165, 1.54) is 12.3 Å². The number of nitrogens with zero attached hydrogens (tertiary/aromatic N) is 3. The molecule has 0 aromatic heterocycles. The van der Waals surface area contributed by atoms with E-state index in [1.54, 1.807) is 12.1 Å². The van der Waals surface area contributed by atoms with Crippen LogP contribution in [0.15, 0.2) is 65.3 Å². The van der Waals surface area contributed by atoms with Crippen LogP contribution >= 0.6 is 0 Å². The Kier molecular flexibility index (Phi) is 8.84. The Morgan fingerprint density at radius 3 is 2.45 bits per heavy atom. The third-order valence-corrected chi connectivity index (χ3v) is 5.58. The number of allylic oxidation sites excluding steroid dienone is 4. The van der Waals surface area contributed by atoms with Gasteiger partial charge in [-0.05, 0) is 60.1 Å². The third-order valence-electron chi connectivity index (χ3n) is 5.58. The largest absolute Gasteiger partial charge is 0.465 e. The molecule has 33 heavy (non-hydrogen) atoms. The summed E-state index contributed by atoms with van der Waals surface area (Å²) >= 11 is 0. The van der Waals surface area contributed by atoms with Gasteiger partial charge in [-0.3, -0.25) is 4.99 Å². The number of carbonyl (C=O) groups excluding carboxylic acids is 1. The molecule has 2 rings (SSSR count). The predicted molar refractivity (Wildman–Crippen MR) is 134 cm³/mol. The molecule has 1 aromatic carbocycles. The Hall–Kier alpha value is -3.11. The normalized spacial score (nSPS) is 18.5. The van der Waals surface area contributed by atoms with Gasteiger partial charge in [0.2, 0.25) is 0 Å². The van der Waals surface area contributed by atoms with Crippen molar-refractivity contribution < 1.29 is 13.9 Å². The highest BCUT2D eigenvalue weighted by Gasteiger charge is 2.30. The fourth-order valence-corrected chi connectivity index (χ4v) is 4.12. The molecule has 178 valence electrons. The maximum Gasteiger partial charge on any atom is 0.278 e. The summed E-state index contributed by atoms with van der Waals surface area (Å²) in [6.45, 7) is 19.3. The van der Waals surface area contributed by atoms with E-state index in [2.05, 4.69) is 23.4 Å². The fourth-order valence-electron chi connectivity index (χ4n) is 4.12. The third kappa shape index (κ3) is 6.45. The molecule has 1 aromatic rings. The van der Waals surface area contributed by atoms with E-state index in [-0.39, 0.29) is 17.7 Å². The molecule has 1 atom stereocenters. The Labute approximate surface area is 197 Å². The lowest BCUT2D eigenvalue weighted by molar-refractivity contribution is -0.0196. The van der Waals surface area contributed by atoms with Crippen molar-refractivity contribution in [1.29, 1.82) is 0 Å². The van der Waals surface area contributed by atoms with Crippen molar-refractivity contribution in [3.63, 3.8) is 0 Å². The van der Waals surface area contributed by atoms with Crippen LogP contribution in [0.4, 0.5) is 4.39 Å². The SMILES string of the molecule is C=C\N=C(C)/C(C(=C\C)/c1ccccc1F)=C(\C)N1CCN(C(=C=O)OC(C)(C)C)C(C)C1. The molecule has 1 aliphatic heterocycles. The first-order valence-electron chi connectivity index (χ1n) is 11.3. The second kappa shape index (κ2) is 11.2. The van der Waals surface area contributed by atoms with Gasteiger partial charge in [0, 0.05) is 54.4 Å². The summed E-state index contributed by atoms with van der Waals surface area (Å²) in [6, 6.07) is 6.79. The van der Waals surface area contributed by atoms with Crippen molar-refractivity contribution >= 4 is 17.2 Å². The number of aliphatic imine (C=N–C) groups is 1. The molecule has 1 fully saturated rings. The molecule has 0 radical (unpaired) electrons. The Morgan fingerprint density at radius 2 is 1.94 bits per heavy atom. The van der Waals surface area contributed by atoms with E-state index in [0.29, 0.717) is 25.2 Å². The van der Waals surface area contributed by atoms with E-state index in [1.807, 2.05) is 64.5 Å². The summed E-state index contributed by atoms with van der Waals surface area (Å²) in [6.07, 6.45) is 3.42. The van der Waals surface area contributed by atoms with Gasteiger partial charge in [-0.2, -0.15) is 0 Å². The zero-order valence-corrected chi connectivity index (χ0v) is 20.9. The standard InChI is InChI=1S/C27H36FN3O2/c1-9-22(23-13-11-12-14-24(23)28)26(20(4)29-10-2)21(5)30-15-16-31(19(3)17-30)25(18-32)33-27(6,7)8/h9-14,19H,2,15-17H2,1,3-8H3/b22-9-,26-21-,29-20-. The van der Waals surface area contributed by atoms with Crippen LogP contribution in [0, 0.1) is 5.82 Å². The molecule has 1 saturated heterocycles. The van der Waals surface area contributed by atoms with Gasteiger partial charge < -0.3 is 14.5 Å². The maximum atomic E-state index is 14.7. The van der Waals surface area contributed by atoms with Crippen LogP contribution in [0.2, 0.25) is 0 Å². The number of hydrogen-bond acceptors (Lipinski definition) is 5. The number of ether oxygens (including phenoxy) is 1. The first-order chi connectivity index (χ1) is 15.5. The van der Waals surface area contributed by atoms with Crippen LogP contribution in [0.25, 0.3) is 5.57 Å². The van der Waals surface area contributed by atoms with Crippen LogP contribution in [-0.4, -0.2) is 52.7 Å². The number of piperazine rings is 1. The molecular formula is C27H36FN3O2. The van der Waals surface area contributed by atoms with Crippen LogP contribution < -0.4 is 0 Å². The van der Waals surface area contributed by atoms with E-state index < -0.39 is 5.60 Å². The summed E-state index contributed by atoms with van der Waals surface area (Å²) < 4.78 is 20.6. The molecule has 0 N–H and O–H groups in total. The number of rotatable bonds is 7. The predicted octanol–water partition coefficient (Wildman–Crippen LogP) is 5.60.